The topological polar surface area (TPSA) is 84.5 Å². The minimum Gasteiger partial charge on any atom is -0.497 e. The summed E-state index contributed by atoms with van der Waals surface area (Å²) in [7, 11) is -1.86. The zero-order chi connectivity index (χ0) is 15.2. The highest BCUT2D eigenvalue weighted by Crippen LogP contribution is 2.21. The van der Waals surface area contributed by atoms with Gasteiger partial charge in [-0.05, 0) is 24.6 Å². The van der Waals surface area contributed by atoms with Gasteiger partial charge in [0.25, 0.3) is 0 Å². The molecule has 0 radical (unpaired) electrons. The fraction of sp³-hybridized carbons (Fsp3) is 0.462. The van der Waals surface area contributed by atoms with Crippen molar-refractivity contribution in [3.63, 3.8) is 0 Å². The fourth-order valence-electron chi connectivity index (χ4n) is 1.78. The van der Waals surface area contributed by atoms with E-state index >= 15 is 0 Å². The molecule has 0 saturated heterocycles. The summed E-state index contributed by atoms with van der Waals surface area (Å²) in [5, 5.41) is 2.66. The van der Waals surface area contributed by atoms with Gasteiger partial charge in [-0.25, -0.2) is 13.1 Å². The number of sulfonamides is 1. The molecule has 0 heterocycles. The van der Waals surface area contributed by atoms with Gasteiger partial charge < -0.3 is 10.1 Å². The van der Waals surface area contributed by atoms with Gasteiger partial charge in [0, 0.05) is 13.0 Å². The van der Waals surface area contributed by atoms with Crippen LogP contribution in [0.2, 0.25) is 0 Å². The minimum absolute atomic E-state index is 0.0488. The van der Waals surface area contributed by atoms with E-state index in [2.05, 4.69) is 10.0 Å². The lowest BCUT2D eigenvalue weighted by atomic mass is 10.0. The van der Waals surface area contributed by atoms with Crippen molar-refractivity contribution >= 4 is 15.9 Å². The van der Waals surface area contributed by atoms with Crippen LogP contribution >= 0.6 is 0 Å². The summed E-state index contributed by atoms with van der Waals surface area (Å²) >= 11 is 0. The van der Waals surface area contributed by atoms with Gasteiger partial charge in [-0.15, -0.1) is 0 Å². The highest BCUT2D eigenvalue weighted by molar-refractivity contribution is 7.88. The second kappa shape index (κ2) is 7.25. The van der Waals surface area contributed by atoms with Gasteiger partial charge in [0.2, 0.25) is 15.9 Å². The van der Waals surface area contributed by atoms with Crippen molar-refractivity contribution in [2.45, 2.75) is 19.4 Å². The second-order valence-electron chi connectivity index (χ2n) is 4.37. The molecular weight excluding hydrogens is 280 g/mol. The Morgan fingerprint density at radius 3 is 2.35 bits per heavy atom. The van der Waals surface area contributed by atoms with E-state index in [1.807, 2.05) is 6.92 Å². The first-order chi connectivity index (χ1) is 9.35. The highest BCUT2D eigenvalue weighted by Gasteiger charge is 2.19. The van der Waals surface area contributed by atoms with Crippen molar-refractivity contribution in [1.82, 2.24) is 10.0 Å². The number of nitrogens with one attached hydrogen (secondary N) is 2. The van der Waals surface area contributed by atoms with Crippen molar-refractivity contribution in [1.29, 1.82) is 0 Å². The van der Waals surface area contributed by atoms with Gasteiger partial charge in [-0.3, -0.25) is 4.79 Å². The maximum absolute atomic E-state index is 11.7. The van der Waals surface area contributed by atoms with Gasteiger partial charge in [0.05, 0.1) is 19.4 Å². The van der Waals surface area contributed by atoms with Crippen LogP contribution in [0, 0.1) is 0 Å². The molecule has 0 fully saturated rings. The monoisotopic (exact) mass is 300 g/mol. The Kier molecular flexibility index (Phi) is 5.97. The quantitative estimate of drug-likeness (QED) is 0.780. The van der Waals surface area contributed by atoms with Gasteiger partial charge in [-0.2, -0.15) is 0 Å². The Hall–Kier alpha value is -1.60. The molecule has 0 spiro atoms. The zero-order valence-corrected chi connectivity index (χ0v) is 12.7. The number of ether oxygens (including phenoxy) is 1. The molecule has 7 heteroatoms. The molecule has 1 atom stereocenters. The predicted octanol–water partition coefficient (Wildman–Crippen LogP) is 0.812. The maximum atomic E-state index is 11.7. The molecule has 0 aliphatic carbocycles. The first-order valence-electron chi connectivity index (χ1n) is 6.23. The molecule has 6 nitrogen and oxygen atoms in total. The lowest BCUT2D eigenvalue weighted by molar-refractivity contribution is -0.121. The van der Waals surface area contributed by atoms with Crippen molar-refractivity contribution in [2.75, 3.05) is 19.9 Å². The molecule has 1 aromatic carbocycles. The Morgan fingerprint density at radius 2 is 1.90 bits per heavy atom. The molecule has 1 rings (SSSR count). The van der Waals surface area contributed by atoms with Crippen LogP contribution in [-0.2, 0) is 14.8 Å². The van der Waals surface area contributed by atoms with E-state index < -0.39 is 16.1 Å². The number of carbonyl (C=O) groups is 1. The normalized spacial score (nSPS) is 12.8. The molecular formula is C13H20N2O4S. The minimum atomic E-state index is -3.41. The molecule has 20 heavy (non-hydrogen) atoms. The van der Waals surface area contributed by atoms with E-state index in [-0.39, 0.29) is 12.3 Å². The molecule has 1 amide bonds. The van der Waals surface area contributed by atoms with Crippen LogP contribution in [0.3, 0.4) is 0 Å². The standard InChI is InChI=1S/C13H20N2O4S/c1-4-14-13(16)9-12(15-20(3,17)18)10-5-7-11(19-2)8-6-10/h5-8,12,15H,4,9H2,1-3H3,(H,14,16)/t12-/m1/s1. The molecule has 1 aromatic rings. The van der Waals surface area contributed by atoms with Gasteiger partial charge >= 0.3 is 0 Å². The molecule has 0 aliphatic rings. The first kappa shape index (κ1) is 16.5. The van der Waals surface area contributed by atoms with Gasteiger partial charge in [0.1, 0.15) is 5.75 Å². The number of benzene rings is 1. The van der Waals surface area contributed by atoms with Crippen molar-refractivity contribution in [3.05, 3.63) is 29.8 Å². The van der Waals surface area contributed by atoms with Crippen LogP contribution in [0.4, 0.5) is 0 Å². The summed E-state index contributed by atoms with van der Waals surface area (Å²) in [6.45, 7) is 2.32. The summed E-state index contributed by atoms with van der Waals surface area (Å²) in [5.74, 6) is 0.467. The van der Waals surface area contributed by atoms with E-state index in [9.17, 15) is 13.2 Å². The van der Waals surface area contributed by atoms with Gasteiger partial charge in [0.15, 0.2) is 0 Å². The molecule has 0 saturated carbocycles. The molecule has 0 bridgehead atoms. The van der Waals surface area contributed by atoms with Crippen LogP contribution in [0.1, 0.15) is 24.9 Å². The summed E-state index contributed by atoms with van der Waals surface area (Å²) in [5.41, 5.74) is 0.711. The Balaban J connectivity index is 2.93. The largest absolute Gasteiger partial charge is 0.497 e. The zero-order valence-electron chi connectivity index (χ0n) is 11.8. The Labute approximate surface area is 119 Å². The van der Waals surface area contributed by atoms with Crippen LogP contribution < -0.4 is 14.8 Å². The van der Waals surface area contributed by atoms with Crippen molar-refractivity contribution in [3.8, 4) is 5.75 Å². The molecule has 0 unspecified atom stereocenters. The van der Waals surface area contributed by atoms with E-state index in [1.165, 1.54) is 0 Å². The SMILES string of the molecule is CCNC(=O)C[C@@H](NS(C)(=O)=O)c1ccc(OC)cc1. The number of hydrogen-bond acceptors (Lipinski definition) is 4. The van der Waals surface area contributed by atoms with Crippen LogP contribution in [0.25, 0.3) is 0 Å². The van der Waals surface area contributed by atoms with E-state index in [0.29, 0.717) is 17.9 Å². The van der Waals surface area contributed by atoms with E-state index in [0.717, 1.165) is 6.26 Å². The summed E-state index contributed by atoms with van der Waals surface area (Å²) in [6, 6.07) is 6.33. The Bertz CT molecular complexity index is 540. The highest BCUT2D eigenvalue weighted by atomic mass is 32.2. The van der Waals surface area contributed by atoms with Gasteiger partial charge in [-0.1, -0.05) is 12.1 Å². The molecule has 2 N–H and O–H groups in total. The molecule has 0 aliphatic heterocycles. The lowest BCUT2D eigenvalue weighted by Crippen LogP contribution is -2.33. The molecule has 0 aromatic heterocycles. The molecule has 112 valence electrons. The summed E-state index contributed by atoms with van der Waals surface area (Å²) < 4.78 is 30.3. The first-order valence-corrected chi connectivity index (χ1v) is 8.12. The number of carbonyl (C=O) groups excluding carboxylic acids is 1. The van der Waals surface area contributed by atoms with Crippen molar-refractivity contribution in [2.24, 2.45) is 0 Å². The fourth-order valence-corrected chi connectivity index (χ4v) is 2.51. The van der Waals surface area contributed by atoms with Crippen LogP contribution in [0.5, 0.6) is 5.75 Å². The number of hydrogen-bond donors (Lipinski definition) is 2. The number of methoxy groups -OCH3 is 1. The third-order valence-electron chi connectivity index (χ3n) is 2.64. The summed E-state index contributed by atoms with van der Waals surface area (Å²) in [6.07, 6.45) is 1.12. The van der Waals surface area contributed by atoms with Crippen LogP contribution in [-0.4, -0.2) is 34.2 Å². The Morgan fingerprint density at radius 1 is 1.30 bits per heavy atom. The maximum Gasteiger partial charge on any atom is 0.221 e. The van der Waals surface area contributed by atoms with E-state index in [1.54, 1.807) is 31.4 Å². The van der Waals surface area contributed by atoms with Crippen molar-refractivity contribution < 1.29 is 17.9 Å². The predicted molar refractivity (Wildman–Crippen MR) is 77.0 cm³/mol. The second-order valence-corrected chi connectivity index (χ2v) is 6.15. The third-order valence-corrected chi connectivity index (χ3v) is 3.35. The number of rotatable bonds is 7. The third kappa shape index (κ3) is 5.58. The lowest BCUT2D eigenvalue weighted by Gasteiger charge is -2.17. The average Bonchev–Trinajstić information content (AvgIpc) is 2.37. The smallest absolute Gasteiger partial charge is 0.221 e. The van der Waals surface area contributed by atoms with Crippen LogP contribution in [0.15, 0.2) is 24.3 Å². The number of amides is 1. The van der Waals surface area contributed by atoms with E-state index in [4.69, 9.17) is 4.74 Å². The summed E-state index contributed by atoms with van der Waals surface area (Å²) in [4.78, 5) is 11.7. The average molecular weight is 300 g/mol.